The smallest absolute Gasteiger partial charge is 0.209 e. The van der Waals surface area contributed by atoms with E-state index in [1.54, 1.807) is 7.11 Å². The molecule has 0 aliphatic rings. The van der Waals surface area contributed by atoms with Crippen LogP contribution in [0.1, 0.15) is 20.3 Å². The van der Waals surface area contributed by atoms with Crippen molar-refractivity contribution < 1.29 is 13.2 Å². The molecule has 0 unspecified atom stereocenters. The average Bonchev–Trinajstić information content (AvgIpc) is 1.78. The summed E-state index contributed by atoms with van der Waals surface area (Å²) in [5.74, 6) is 0.00333. The fraction of sp³-hybridized carbons (Fsp3) is 1.00. The van der Waals surface area contributed by atoms with E-state index in [9.17, 15) is 8.42 Å². The number of primary sulfonamides is 1. The molecule has 0 rings (SSSR count). The Morgan fingerprint density at radius 2 is 1.92 bits per heavy atom. The first-order chi connectivity index (χ1) is 5.27. The van der Waals surface area contributed by atoms with Gasteiger partial charge in [-0.15, -0.1) is 0 Å². The largest absolute Gasteiger partial charge is 0.385 e. The highest BCUT2D eigenvalue weighted by atomic mass is 32.2. The normalized spacial score (nSPS) is 13.3. The summed E-state index contributed by atoms with van der Waals surface area (Å²) < 4.78 is 26.4. The summed E-state index contributed by atoms with van der Waals surface area (Å²) in [6.45, 7) is 4.27. The third-order valence-corrected chi connectivity index (χ3v) is 2.76. The van der Waals surface area contributed by atoms with E-state index >= 15 is 0 Å². The molecule has 0 aromatic rings. The van der Waals surface area contributed by atoms with E-state index < -0.39 is 10.0 Å². The van der Waals surface area contributed by atoms with Gasteiger partial charge in [0.1, 0.15) is 0 Å². The van der Waals surface area contributed by atoms with Gasteiger partial charge in [-0.25, -0.2) is 13.6 Å². The Morgan fingerprint density at radius 1 is 1.42 bits per heavy atom. The summed E-state index contributed by atoms with van der Waals surface area (Å²) in [6, 6.07) is 0. The zero-order valence-corrected chi connectivity index (χ0v) is 8.65. The highest BCUT2D eigenvalue weighted by molar-refractivity contribution is 7.89. The minimum atomic E-state index is -3.37. The van der Waals surface area contributed by atoms with Gasteiger partial charge in [-0.2, -0.15) is 0 Å². The molecule has 0 saturated carbocycles. The van der Waals surface area contributed by atoms with Crippen molar-refractivity contribution in [2.45, 2.75) is 20.3 Å². The molecule has 74 valence electrons. The van der Waals surface area contributed by atoms with Gasteiger partial charge in [-0.05, 0) is 11.8 Å². The van der Waals surface area contributed by atoms with Gasteiger partial charge in [-0.1, -0.05) is 13.8 Å². The van der Waals surface area contributed by atoms with Crippen molar-refractivity contribution in [3.05, 3.63) is 0 Å². The quantitative estimate of drug-likeness (QED) is 0.687. The van der Waals surface area contributed by atoms with Crippen molar-refractivity contribution in [2.75, 3.05) is 19.5 Å². The van der Waals surface area contributed by atoms with Crippen molar-refractivity contribution in [3.63, 3.8) is 0 Å². The van der Waals surface area contributed by atoms with Crippen LogP contribution in [0.2, 0.25) is 0 Å². The lowest BCUT2D eigenvalue weighted by molar-refractivity contribution is 0.160. The molecule has 0 aliphatic carbocycles. The first-order valence-corrected chi connectivity index (χ1v) is 5.48. The Balaban J connectivity index is 4.04. The fourth-order valence-corrected chi connectivity index (χ4v) is 2.23. The average molecular weight is 195 g/mol. The Hall–Kier alpha value is -0.130. The van der Waals surface area contributed by atoms with Crippen molar-refractivity contribution >= 4 is 10.0 Å². The fourth-order valence-electron chi connectivity index (χ4n) is 0.995. The lowest BCUT2D eigenvalue weighted by atomic mass is 9.92. The van der Waals surface area contributed by atoms with E-state index in [0.717, 1.165) is 0 Å². The number of nitrogens with two attached hydrogens (primary N) is 1. The topological polar surface area (TPSA) is 69.4 Å². The maximum atomic E-state index is 10.7. The lowest BCUT2D eigenvalue weighted by Crippen LogP contribution is -2.29. The van der Waals surface area contributed by atoms with Crippen molar-refractivity contribution in [1.29, 1.82) is 0 Å². The molecular weight excluding hydrogens is 178 g/mol. The van der Waals surface area contributed by atoms with E-state index in [1.165, 1.54) is 0 Å². The standard InChI is InChI=1S/C7H17NO3S/c1-7(2,4-5-11-3)6-12(8,9)10/h4-6H2,1-3H3,(H2,8,9,10). The van der Waals surface area contributed by atoms with Crippen LogP contribution in [-0.2, 0) is 14.8 Å². The number of hydrogen-bond donors (Lipinski definition) is 1. The van der Waals surface area contributed by atoms with E-state index in [-0.39, 0.29) is 11.2 Å². The molecule has 0 atom stereocenters. The molecule has 0 aromatic heterocycles. The Morgan fingerprint density at radius 3 is 2.25 bits per heavy atom. The second-order valence-corrected chi connectivity index (χ2v) is 5.33. The number of rotatable bonds is 5. The summed E-state index contributed by atoms with van der Waals surface area (Å²) in [6.07, 6.45) is 0.694. The second kappa shape index (κ2) is 4.20. The van der Waals surface area contributed by atoms with Gasteiger partial charge in [0.25, 0.3) is 0 Å². The zero-order chi connectivity index (χ0) is 9.83. The number of ether oxygens (including phenoxy) is 1. The third-order valence-electron chi connectivity index (χ3n) is 1.57. The molecule has 5 heteroatoms. The molecule has 0 spiro atoms. The van der Waals surface area contributed by atoms with Crippen molar-refractivity contribution in [1.82, 2.24) is 0 Å². The summed E-state index contributed by atoms with van der Waals surface area (Å²) >= 11 is 0. The number of hydrogen-bond acceptors (Lipinski definition) is 3. The van der Waals surface area contributed by atoms with Crippen LogP contribution in [-0.4, -0.2) is 27.9 Å². The number of sulfonamides is 1. The first-order valence-electron chi connectivity index (χ1n) is 3.76. The van der Waals surface area contributed by atoms with Crippen molar-refractivity contribution in [3.8, 4) is 0 Å². The van der Waals surface area contributed by atoms with E-state index in [4.69, 9.17) is 9.88 Å². The summed E-state index contributed by atoms with van der Waals surface area (Å²) in [5.41, 5.74) is -0.302. The Kier molecular flexibility index (Phi) is 4.16. The molecule has 12 heavy (non-hydrogen) atoms. The van der Waals surface area contributed by atoms with Crippen LogP contribution in [0.25, 0.3) is 0 Å². The molecular formula is C7H17NO3S. The van der Waals surface area contributed by atoms with Crippen LogP contribution in [0.15, 0.2) is 0 Å². The van der Waals surface area contributed by atoms with Crippen LogP contribution in [0.5, 0.6) is 0 Å². The molecule has 0 amide bonds. The second-order valence-electron chi connectivity index (χ2n) is 3.71. The van der Waals surface area contributed by atoms with Gasteiger partial charge in [0.15, 0.2) is 0 Å². The SMILES string of the molecule is COCCC(C)(C)CS(N)(=O)=O. The van der Waals surface area contributed by atoms with Crippen LogP contribution in [0.4, 0.5) is 0 Å². The van der Waals surface area contributed by atoms with E-state index in [1.807, 2.05) is 13.8 Å². The van der Waals surface area contributed by atoms with Gasteiger partial charge >= 0.3 is 0 Å². The van der Waals surface area contributed by atoms with E-state index in [2.05, 4.69) is 0 Å². The molecule has 0 heterocycles. The first kappa shape index (κ1) is 11.9. The molecule has 0 radical (unpaired) electrons. The van der Waals surface area contributed by atoms with Crippen molar-refractivity contribution in [2.24, 2.45) is 10.6 Å². The van der Waals surface area contributed by atoms with Gasteiger partial charge in [-0.3, -0.25) is 0 Å². The van der Waals surface area contributed by atoms with Gasteiger partial charge in [0.2, 0.25) is 10.0 Å². The highest BCUT2D eigenvalue weighted by Gasteiger charge is 2.23. The molecule has 0 aromatic carbocycles. The zero-order valence-electron chi connectivity index (χ0n) is 7.83. The molecule has 4 nitrogen and oxygen atoms in total. The summed E-state index contributed by atoms with van der Waals surface area (Å²) in [4.78, 5) is 0. The predicted molar refractivity (Wildman–Crippen MR) is 48.2 cm³/mol. The Labute approximate surface area is 74.1 Å². The summed E-state index contributed by atoms with van der Waals surface area (Å²) in [5, 5.41) is 4.92. The minimum Gasteiger partial charge on any atom is -0.385 e. The van der Waals surface area contributed by atoms with Gasteiger partial charge in [0.05, 0.1) is 5.75 Å². The van der Waals surface area contributed by atoms with Crippen LogP contribution in [0.3, 0.4) is 0 Å². The van der Waals surface area contributed by atoms with E-state index in [0.29, 0.717) is 13.0 Å². The maximum Gasteiger partial charge on any atom is 0.209 e. The monoisotopic (exact) mass is 195 g/mol. The third kappa shape index (κ3) is 6.57. The minimum absolute atomic E-state index is 0.00333. The Bertz CT molecular complexity index is 221. The van der Waals surface area contributed by atoms with Gasteiger partial charge in [0, 0.05) is 13.7 Å². The lowest BCUT2D eigenvalue weighted by Gasteiger charge is -2.22. The molecule has 0 aliphatic heterocycles. The van der Waals surface area contributed by atoms with Gasteiger partial charge < -0.3 is 4.74 Å². The predicted octanol–water partition coefficient (Wildman–Crippen LogP) is 0.338. The molecule has 2 N–H and O–H groups in total. The maximum absolute atomic E-state index is 10.7. The molecule has 0 fully saturated rings. The van der Waals surface area contributed by atoms with Crippen LogP contribution < -0.4 is 5.14 Å². The molecule has 0 saturated heterocycles. The highest BCUT2D eigenvalue weighted by Crippen LogP contribution is 2.21. The number of methoxy groups -OCH3 is 1. The molecule has 0 bridgehead atoms. The van der Waals surface area contributed by atoms with Crippen LogP contribution in [0, 0.1) is 5.41 Å². The van der Waals surface area contributed by atoms with Crippen LogP contribution >= 0.6 is 0 Å². The summed E-state index contributed by atoms with van der Waals surface area (Å²) in [7, 11) is -1.78.